The Kier molecular flexibility index (Phi) is 7.33. The van der Waals surface area contributed by atoms with Crippen molar-refractivity contribution in [3.8, 4) is 0 Å². The summed E-state index contributed by atoms with van der Waals surface area (Å²) in [5, 5.41) is 3.68. The monoisotopic (exact) mass is 172 g/mol. The third kappa shape index (κ3) is 7.05. The Morgan fingerprint density at radius 3 is 2.92 bits per heavy atom. The van der Waals surface area contributed by atoms with E-state index in [1.54, 1.807) is 6.92 Å². The molecule has 0 saturated heterocycles. The molecule has 0 bridgehead atoms. The molecule has 0 aliphatic rings. The summed E-state index contributed by atoms with van der Waals surface area (Å²) in [6, 6.07) is 0. The summed E-state index contributed by atoms with van der Waals surface area (Å²) in [6.45, 7) is 5.04. The smallest absolute Gasteiger partial charge is 0.351 e. The first-order chi connectivity index (χ1) is 5.81. The van der Waals surface area contributed by atoms with Crippen LogP contribution in [0.3, 0.4) is 0 Å². The van der Waals surface area contributed by atoms with Gasteiger partial charge in [0.05, 0.1) is 6.61 Å². The Morgan fingerprint density at radius 1 is 1.58 bits per heavy atom. The van der Waals surface area contributed by atoms with Gasteiger partial charge in [-0.15, -0.1) is 0 Å². The van der Waals surface area contributed by atoms with Gasteiger partial charge in [0.1, 0.15) is 6.21 Å². The van der Waals surface area contributed by atoms with Crippen molar-refractivity contribution in [2.75, 3.05) is 13.2 Å². The number of nitrogens with zero attached hydrogens (tertiary/aromatic N) is 1. The van der Waals surface area contributed by atoms with E-state index in [1.807, 2.05) is 0 Å². The molecule has 0 aliphatic carbocycles. The summed E-state index contributed by atoms with van der Waals surface area (Å²) >= 11 is 0. The highest BCUT2D eigenvalue weighted by Gasteiger charge is 1.92. The van der Waals surface area contributed by atoms with E-state index in [1.165, 1.54) is 0 Å². The molecule has 0 rings (SSSR count). The van der Waals surface area contributed by atoms with Crippen LogP contribution in [0.2, 0.25) is 0 Å². The van der Waals surface area contributed by atoms with Crippen molar-refractivity contribution in [2.24, 2.45) is 5.10 Å². The summed E-state index contributed by atoms with van der Waals surface area (Å²) < 4.78 is 4.62. The zero-order valence-electron chi connectivity index (χ0n) is 7.67. The first-order valence-corrected chi connectivity index (χ1v) is 4.24. The minimum atomic E-state index is -0.401. The Morgan fingerprint density at radius 2 is 2.33 bits per heavy atom. The minimum Gasteiger partial charge on any atom is -0.462 e. The molecule has 12 heavy (non-hydrogen) atoms. The third-order valence-corrected chi connectivity index (χ3v) is 1.19. The summed E-state index contributed by atoms with van der Waals surface area (Å²) in [6.07, 6.45) is 3.32. The fraction of sp³-hybridized carbons (Fsp3) is 0.750. The molecule has 0 unspecified atom stereocenters. The van der Waals surface area contributed by atoms with Gasteiger partial charge in [0.15, 0.2) is 0 Å². The number of hydrazone groups is 1. The number of carbonyl (C=O) groups excluding carboxylic acids is 1. The molecule has 0 aromatic carbocycles. The number of nitrogens with one attached hydrogen (secondary N) is 1. The van der Waals surface area contributed by atoms with E-state index in [2.05, 4.69) is 22.2 Å². The molecule has 4 heteroatoms. The van der Waals surface area contributed by atoms with Gasteiger partial charge in [0, 0.05) is 6.54 Å². The molecule has 0 saturated carbocycles. The number of ether oxygens (including phenoxy) is 1. The average Bonchev–Trinajstić information content (AvgIpc) is 2.05. The van der Waals surface area contributed by atoms with Gasteiger partial charge in [-0.25, -0.2) is 4.79 Å². The van der Waals surface area contributed by atoms with E-state index in [9.17, 15) is 4.79 Å². The maximum Gasteiger partial charge on any atom is 0.351 e. The molecule has 0 radical (unpaired) electrons. The number of rotatable bonds is 6. The molecule has 0 heterocycles. The van der Waals surface area contributed by atoms with Crippen molar-refractivity contribution in [3.63, 3.8) is 0 Å². The normalized spacial score (nSPS) is 10.2. The molecular weight excluding hydrogens is 156 g/mol. The second kappa shape index (κ2) is 8.04. The van der Waals surface area contributed by atoms with Gasteiger partial charge >= 0.3 is 5.97 Å². The first-order valence-electron chi connectivity index (χ1n) is 4.24. The summed E-state index contributed by atoms with van der Waals surface area (Å²) in [7, 11) is 0. The van der Waals surface area contributed by atoms with Gasteiger partial charge < -0.3 is 10.2 Å². The maximum absolute atomic E-state index is 10.7. The SMILES string of the molecule is CCCCN/N=C/C(=O)OCC. The van der Waals surface area contributed by atoms with E-state index in [-0.39, 0.29) is 0 Å². The van der Waals surface area contributed by atoms with Crippen LogP contribution in [0, 0.1) is 0 Å². The fourth-order valence-corrected chi connectivity index (χ4v) is 0.598. The standard InChI is InChI=1S/C8H16N2O2/c1-3-5-6-9-10-7-8(11)12-4-2/h7,9H,3-6H2,1-2H3/b10-7+. The van der Waals surface area contributed by atoms with Crippen LogP contribution >= 0.6 is 0 Å². The molecule has 0 amide bonds. The van der Waals surface area contributed by atoms with Gasteiger partial charge in [-0.05, 0) is 13.3 Å². The largest absolute Gasteiger partial charge is 0.462 e. The Bertz CT molecular complexity index is 146. The second-order valence-corrected chi connectivity index (χ2v) is 2.27. The van der Waals surface area contributed by atoms with E-state index in [0.717, 1.165) is 25.6 Å². The van der Waals surface area contributed by atoms with Crippen molar-refractivity contribution in [2.45, 2.75) is 26.7 Å². The van der Waals surface area contributed by atoms with Crippen LogP contribution in [0.15, 0.2) is 5.10 Å². The fourth-order valence-electron chi connectivity index (χ4n) is 0.598. The minimum absolute atomic E-state index is 0.389. The molecule has 0 spiro atoms. The lowest BCUT2D eigenvalue weighted by molar-refractivity contribution is -0.134. The Hall–Kier alpha value is -1.06. The third-order valence-electron chi connectivity index (χ3n) is 1.19. The predicted molar refractivity (Wildman–Crippen MR) is 48.0 cm³/mol. The lowest BCUT2D eigenvalue weighted by Gasteiger charge is -1.96. The van der Waals surface area contributed by atoms with E-state index >= 15 is 0 Å². The molecule has 0 aromatic heterocycles. The Balaban J connectivity index is 3.29. The van der Waals surface area contributed by atoms with Crippen molar-refractivity contribution < 1.29 is 9.53 Å². The van der Waals surface area contributed by atoms with Gasteiger partial charge in [-0.1, -0.05) is 13.3 Å². The lowest BCUT2D eigenvalue weighted by atomic mass is 10.3. The molecule has 70 valence electrons. The highest BCUT2D eigenvalue weighted by molar-refractivity contribution is 6.23. The topological polar surface area (TPSA) is 50.7 Å². The number of hydrogen-bond donors (Lipinski definition) is 1. The molecule has 0 fully saturated rings. The highest BCUT2D eigenvalue weighted by atomic mass is 16.5. The van der Waals surface area contributed by atoms with E-state index in [0.29, 0.717) is 6.61 Å². The van der Waals surface area contributed by atoms with Crippen LogP contribution in [-0.4, -0.2) is 25.3 Å². The molecule has 0 aliphatic heterocycles. The predicted octanol–water partition coefficient (Wildman–Crippen LogP) is 0.925. The van der Waals surface area contributed by atoms with Crippen LogP contribution in [-0.2, 0) is 9.53 Å². The molecule has 0 aromatic rings. The maximum atomic E-state index is 10.7. The Labute approximate surface area is 73.0 Å². The van der Waals surface area contributed by atoms with Gasteiger partial charge in [-0.3, -0.25) is 0 Å². The van der Waals surface area contributed by atoms with Gasteiger partial charge in [0.2, 0.25) is 0 Å². The first kappa shape index (κ1) is 10.9. The number of carbonyl (C=O) groups is 1. The van der Waals surface area contributed by atoms with Gasteiger partial charge in [-0.2, -0.15) is 5.10 Å². The molecule has 4 nitrogen and oxygen atoms in total. The zero-order chi connectivity index (χ0) is 9.23. The quantitative estimate of drug-likeness (QED) is 0.280. The highest BCUT2D eigenvalue weighted by Crippen LogP contribution is 1.81. The summed E-state index contributed by atoms with van der Waals surface area (Å²) in [4.78, 5) is 10.7. The second-order valence-electron chi connectivity index (χ2n) is 2.27. The van der Waals surface area contributed by atoms with E-state index < -0.39 is 5.97 Å². The van der Waals surface area contributed by atoms with Crippen LogP contribution < -0.4 is 5.43 Å². The van der Waals surface area contributed by atoms with Crippen molar-refractivity contribution in [1.82, 2.24) is 5.43 Å². The van der Waals surface area contributed by atoms with Crippen LogP contribution in [0.1, 0.15) is 26.7 Å². The van der Waals surface area contributed by atoms with Crippen molar-refractivity contribution in [3.05, 3.63) is 0 Å². The number of esters is 1. The molecular formula is C8H16N2O2. The summed E-state index contributed by atoms with van der Waals surface area (Å²) in [5.41, 5.74) is 2.74. The molecule has 1 N–H and O–H groups in total. The lowest BCUT2D eigenvalue weighted by Crippen LogP contribution is -2.11. The van der Waals surface area contributed by atoms with E-state index in [4.69, 9.17) is 0 Å². The van der Waals surface area contributed by atoms with Crippen LogP contribution in [0.4, 0.5) is 0 Å². The zero-order valence-corrected chi connectivity index (χ0v) is 7.67. The van der Waals surface area contributed by atoms with Crippen LogP contribution in [0.25, 0.3) is 0 Å². The van der Waals surface area contributed by atoms with Crippen molar-refractivity contribution >= 4 is 12.2 Å². The average molecular weight is 172 g/mol. The summed E-state index contributed by atoms with van der Waals surface area (Å²) in [5.74, 6) is -0.401. The number of unbranched alkanes of at least 4 members (excludes halogenated alkanes) is 1. The number of hydrogen-bond acceptors (Lipinski definition) is 4. The van der Waals surface area contributed by atoms with Crippen LogP contribution in [0.5, 0.6) is 0 Å². The van der Waals surface area contributed by atoms with Crippen molar-refractivity contribution in [1.29, 1.82) is 0 Å². The molecule has 0 atom stereocenters. The van der Waals surface area contributed by atoms with Gasteiger partial charge in [0.25, 0.3) is 0 Å².